The Morgan fingerprint density at radius 3 is 3.00 bits per heavy atom. The first kappa shape index (κ1) is 13.8. The highest BCUT2D eigenvalue weighted by molar-refractivity contribution is 5.88. The lowest BCUT2D eigenvalue weighted by Crippen LogP contribution is -2.02. The van der Waals surface area contributed by atoms with Gasteiger partial charge in [0.1, 0.15) is 0 Å². The lowest BCUT2D eigenvalue weighted by Gasteiger charge is -2.07. The predicted octanol–water partition coefficient (Wildman–Crippen LogP) is 2.71. The van der Waals surface area contributed by atoms with Crippen LogP contribution in [0.2, 0.25) is 0 Å². The van der Waals surface area contributed by atoms with E-state index in [1.807, 2.05) is 6.92 Å². The van der Waals surface area contributed by atoms with Crippen molar-refractivity contribution in [2.75, 3.05) is 11.9 Å². The number of carbonyl (C=O) groups is 1. The number of carboxylic acids is 1. The van der Waals surface area contributed by atoms with Crippen LogP contribution in [0.3, 0.4) is 0 Å². The Morgan fingerprint density at radius 1 is 1.40 bits per heavy atom. The van der Waals surface area contributed by atoms with Crippen molar-refractivity contribution in [3.8, 4) is 5.88 Å². The Labute approximate surface area is 116 Å². The van der Waals surface area contributed by atoms with Crippen molar-refractivity contribution < 1.29 is 14.6 Å². The molecule has 0 atom stereocenters. The normalized spacial score (nSPS) is 10.1. The predicted molar refractivity (Wildman–Crippen MR) is 74.5 cm³/mol. The average Bonchev–Trinajstić information content (AvgIpc) is 2.46. The van der Waals surface area contributed by atoms with Crippen LogP contribution in [0.25, 0.3) is 0 Å². The van der Waals surface area contributed by atoms with Gasteiger partial charge in [0.05, 0.1) is 12.2 Å². The van der Waals surface area contributed by atoms with Crippen molar-refractivity contribution in [1.29, 1.82) is 0 Å². The molecule has 2 rings (SSSR count). The standard InChI is InChI=1S/C14H15N3O3/c1-2-8-20-12-6-7-15-14(17-12)16-11-5-3-4-10(9-11)13(18)19/h3-7,9H,2,8H2,1H3,(H,18,19)(H,15,16,17). The molecule has 0 aliphatic heterocycles. The Bertz CT molecular complexity index is 602. The molecule has 0 aliphatic carbocycles. The van der Waals surface area contributed by atoms with Gasteiger partial charge in [0, 0.05) is 18.0 Å². The first-order valence-corrected chi connectivity index (χ1v) is 6.25. The second-order valence-electron chi connectivity index (χ2n) is 4.08. The second kappa shape index (κ2) is 6.51. The molecule has 0 spiro atoms. The maximum Gasteiger partial charge on any atom is 0.335 e. The molecule has 0 amide bonds. The molecule has 104 valence electrons. The molecule has 0 radical (unpaired) electrons. The van der Waals surface area contributed by atoms with Crippen LogP contribution >= 0.6 is 0 Å². The van der Waals surface area contributed by atoms with E-state index in [0.717, 1.165) is 6.42 Å². The quantitative estimate of drug-likeness (QED) is 0.841. The molecule has 1 aromatic carbocycles. The summed E-state index contributed by atoms with van der Waals surface area (Å²) in [5.74, 6) is -0.130. The van der Waals surface area contributed by atoms with Crippen LogP contribution in [0, 0.1) is 0 Å². The number of aromatic carboxylic acids is 1. The van der Waals surface area contributed by atoms with E-state index >= 15 is 0 Å². The van der Waals surface area contributed by atoms with Gasteiger partial charge in [-0.25, -0.2) is 9.78 Å². The highest BCUT2D eigenvalue weighted by Gasteiger charge is 2.05. The molecule has 1 aromatic heterocycles. The molecule has 0 unspecified atom stereocenters. The number of aromatic nitrogens is 2. The number of ether oxygens (including phenoxy) is 1. The highest BCUT2D eigenvalue weighted by Crippen LogP contribution is 2.16. The summed E-state index contributed by atoms with van der Waals surface area (Å²) in [4.78, 5) is 19.2. The molecule has 6 heteroatoms. The number of nitrogens with zero attached hydrogens (tertiary/aromatic N) is 2. The van der Waals surface area contributed by atoms with E-state index in [-0.39, 0.29) is 5.56 Å². The summed E-state index contributed by atoms with van der Waals surface area (Å²) >= 11 is 0. The van der Waals surface area contributed by atoms with E-state index in [4.69, 9.17) is 9.84 Å². The maximum atomic E-state index is 10.9. The van der Waals surface area contributed by atoms with Gasteiger partial charge < -0.3 is 15.2 Å². The fraction of sp³-hybridized carbons (Fsp3) is 0.214. The molecule has 0 fully saturated rings. The molecule has 0 saturated carbocycles. The van der Waals surface area contributed by atoms with Crippen molar-refractivity contribution in [3.63, 3.8) is 0 Å². The van der Waals surface area contributed by atoms with Crippen molar-refractivity contribution in [1.82, 2.24) is 9.97 Å². The van der Waals surface area contributed by atoms with Gasteiger partial charge in [0.2, 0.25) is 11.8 Å². The van der Waals surface area contributed by atoms with Crippen molar-refractivity contribution >= 4 is 17.6 Å². The van der Waals surface area contributed by atoms with Crippen molar-refractivity contribution in [3.05, 3.63) is 42.1 Å². The summed E-state index contributed by atoms with van der Waals surface area (Å²) in [6.45, 7) is 2.60. The molecule has 2 aromatic rings. The van der Waals surface area contributed by atoms with Crippen LogP contribution < -0.4 is 10.1 Å². The number of carboxylic acid groups (broad SMARTS) is 1. The number of nitrogens with one attached hydrogen (secondary N) is 1. The summed E-state index contributed by atoms with van der Waals surface area (Å²) < 4.78 is 5.41. The van der Waals surface area contributed by atoms with Crippen LogP contribution in [-0.2, 0) is 0 Å². The maximum absolute atomic E-state index is 10.9. The van der Waals surface area contributed by atoms with Crippen molar-refractivity contribution in [2.45, 2.75) is 13.3 Å². The molecule has 6 nitrogen and oxygen atoms in total. The summed E-state index contributed by atoms with van der Waals surface area (Å²) in [5.41, 5.74) is 0.811. The molecule has 0 bridgehead atoms. The molecule has 20 heavy (non-hydrogen) atoms. The Kier molecular flexibility index (Phi) is 4.49. The van der Waals surface area contributed by atoms with E-state index in [2.05, 4.69) is 15.3 Å². The average molecular weight is 273 g/mol. The monoisotopic (exact) mass is 273 g/mol. The molecule has 0 aliphatic rings. The summed E-state index contributed by atoms with van der Waals surface area (Å²) in [6, 6.07) is 8.12. The zero-order valence-corrected chi connectivity index (χ0v) is 11.0. The first-order valence-electron chi connectivity index (χ1n) is 6.25. The van der Waals surface area contributed by atoms with Crippen LogP contribution in [0.4, 0.5) is 11.6 Å². The molecule has 2 N–H and O–H groups in total. The topological polar surface area (TPSA) is 84.3 Å². The van der Waals surface area contributed by atoms with Gasteiger partial charge >= 0.3 is 5.97 Å². The number of rotatable bonds is 6. The van der Waals surface area contributed by atoms with Crippen LogP contribution in [0.1, 0.15) is 23.7 Å². The molecular formula is C14H15N3O3. The third-order valence-electron chi connectivity index (χ3n) is 2.45. The third-order valence-corrected chi connectivity index (χ3v) is 2.45. The van der Waals surface area contributed by atoms with E-state index in [0.29, 0.717) is 24.1 Å². The summed E-state index contributed by atoms with van der Waals surface area (Å²) in [7, 11) is 0. The van der Waals surface area contributed by atoms with Gasteiger partial charge in [-0.15, -0.1) is 0 Å². The van der Waals surface area contributed by atoms with E-state index in [1.54, 1.807) is 24.4 Å². The van der Waals surface area contributed by atoms with Gasteiger partial charge in [-0.05, 0) is 24.6 Å². The zero-order chi connectivity index (χ0) is 14.4. The summed E-state index contributed by atoms with van der Waals surface area (Å²) in [5, 5.41) is 11.9. The third kappa shape index (κ3) is 3.68. The minimum absolute atomic E-state index is 0.202. The van der Waals surface area contributed by atoms with E-state index in [1.165, 1.54) is 12.1 Å². The largest absolute Gasteiger partial charge is 0.478 e. The lowest BCUT2D eigenvalue weighted by molar-refractivity contribution is 0.0697. The van der Waals surface area contributed by atoms with Crippen LogP contribution in [0.15, 0.2) is 36.5 Å². The number of benzene rings is 1. The second-order valence-corrected chi connectivity index (χ2v) is 4.08. The van der Waals surface area contributed by atoms with Gasteiger partial charge in [0.15, 0.2) is 0 Å². The fourth-order valence-electron chi connectivity index (χ4n) is 1.55. The summed E-state index contributed by atoms with van der Waals surface area (Å²) in [6.07, 6.45) is 2.48. The first-order chi connectivity index (χ1) is 9.69. The number of hydrogen-bond donors (Lipinski definition) is 2. The minimum atomic E-state index is -0.977. The van der Waals surface area contributed by atoms with Crippen LogP contribution in [-0.4, -0.2) is 27.7 Å². The SMILES string of the molecule is CCCOc1ccnc(Nc2cccc(C(=O)O)c2)n1. The molecule has 1 heterocycles. The number of hydrogen-bond acceptors (Lipinski definition) is 5. The van der Waals surface area contributed by atoms with Gasteiger partial charge in [-0.2, -0.15) is 4.98 Å². The molecular weight excluding hydrogens is 258 g/mol. The van der Waals surface area contributed by atoms with Gasteiger partial charge in [0.25, 0.3) is 0 Å². The van der Waals surface area contributed by atoms with Crippen LogP contribution in [0.5, 0.6) is 5.88 Å². The lowest BCUT2D eigenvalue weighted by atomic mass is 10.2. The minimum Gasteiger partial charge on any atom is -0.478 e. The fourth-order valence-corrected chi connectivity index (χ4v) is 1.55. The van der Waals surface area contributed by atoms with Gasteiger partial charge in [-0.1, -0.05) is 13.0 Å². The van der Waals surface area contributed by atoms with E-state index < -0.39 is 5.97 Å². The Balaban J connectivity index is 2.13. The molecule has 0 saturated heterocycles. The van der Waals surface area contributed by atoms with E-state index in [9.17, 15) is 4.79 Å². The zero-order valence-electron chi connectivity index (χ0n) is 11.0. The smallest absolute Gasteiger partial charge is 0.335 e. The number of anilines is 2. The van der Waals surface area contributed by atoms with Crippen molar-refractivity contribution in [2.24, 2.45) is 0 Å². The highest BCUT2D eigenvalue weighted by atomic mass is 16.5. The van der Waals surface area contributed by atoms with Gasteiger partial charge in [-0.3, -0.25) is 0 Å². The Morgan fingerprint density at radius 2 is 2.25 bits per heavy atom. The Hall–Kier alpha value is -2.63.